The maximum absolute atomic E-state index is 13.0. The Balaban J connectivity index is 0.00000205. The second kappa shape index (κ2) is 7.48. The largest absolute Gasteiger partial charge is 1.00 e. The van der Waals surface area contributed by atoms with Crippen molar-refractivity contribution in [2.24, 2.45) is 0 Å². The van der Waals surface area contributed by atoms with Gasteiger partial charge in [-0.2, -0.15) is 4.57 Å². The molecule has 0 unspecified atom stereocenters. The van der Waals surface area contributed by atoms with Crippen molar-refractivity contribution in [1.29, 1.82) is 0 Å². The van der Waals surface area contributed by atoms with Crippen molar-refractivity contribution in [3.8, 4) is 11.3 Å². The fraction of sp³-hybridized carbons (Fsp3) is 0.0476. The molecule has 0 fully saturated rings. The number of halogens is 1. The molecule has 4 aromatic rings. The molecule has 0 amide bonds. The van der Waals surface area contributed by atoms with E-state index in [2.05, 4.69) is 15.1 Å². The summed E-state index contributed by atoms with van der Waals surface area (Å²) >= 11 is 0. The van der Waals surface area contributed by atoms with Gasteiger partial charge in [-0.15, -0.1) is 0 Å². The summed E-state index contributed by atoms with van der Waals surface area (Å²) in [7, 11) is 0. The van der Waals surface area contributed by atoms with Gasteiger partial charge in [-0.1, -0.05) is 29.4 Å². The maximum Gasteiger partial charge on any atom is 0.232 e. The van der Waals surface area contributed by atoms with Crippen LogP contribution >= 0.6 is 0 Å². The highest BCUT2D eigenvalue weighted by molar-refractivity contribution is 6.29. The van der Waals surface area contributed by atoms with Crippen LogP contribution in [0.4, 0.5) is 0 Å². The molecule has 3 aromatic heterocycles. The van der Waals surface area contributed by atoms with Crippen molar-refractivity contribution in [1.82, 2.24) is 15.1 Å². The summed E-state index contributed by atoms with van der Waals surface area (Å²) < 4.78 is 7.19. The van der Waals surface area contributed by atoms with Gasteiger partial charge in [-0.3, -0.25) is 19.6 Å². The molecule has 0 bridgehead atoms. The number of hydrogen-bond donors (Lipinski definition) is 0. The van der Waals surface area contributed by atoms with Gasteiger partial charge in [0, 0.05) is 29.6 Å². The van der Waals surface area contributed by atoms with Crippen molar-refractivity contribution in [3.05, 3.63) is 95.5 Å². The predicted octanol–water partition coefficient (Wildman–Crippen LogP) is -0.753. The number of fused-ring (bicyclic) bond motifs is 2. The molecule has 142 valence electrons. The van der Waals surface area contributed by atoms with Gasteiger partial charge in [0.2, 0.25) is 11.5 Å². The minimum absolute atomic E-state index is 0. The van der Waals surface area contributed by atoms with Crippen LogP contribution in [0.1, 0.15) is 37.7 Å². The predicted molar refractivity (Wildman–Crippen MR) is 96.6 cm³/mol. The van der Waals surface area contributed by atoms with Crippen molar-refractivity contribution in [3.63, 3.8) is 0 Å². The van der Waals surface area contributed by atoms with E-state index in [0.717, 1.165) is 5.69 Å². The van der Waals surface area contributed by atoms with Crippen LogP contribution in [-0.4, -0.2) is 26.7 Å². The number of ketones is 2. The molecule has 1 aromatic carbocycles. The second-order valence-electron chi connectivity index (χ2n) is 6.40. The van der Waals surface area contributed by atoms with Crippen LogP contribution in [0, 0.1) is 0 Å². The Morgan fingerprint density at radius 2 is 1.76 bits per heavy atom. The number of nitrogens with zero attached hydrogens (tertiary/aromatic N) is 4. The van der Waals surface area contributed by atoms with Crippen molar-refractivity contribution < 1.29 is 35.7 Å². The second-order valence-corrected chi connectivity index (χ2v) is 6.40. The minimum Gasteiger partial charge on any atom is -1.00 e. The lowest BCUT2D eigenvalue weighted by Gasteiger charge is -2.12. The zero-order valence-electron chi connectivity index (χ0n) is 14.9. The quantitative estimate of drug-likeness (QED) is 0.337. The first kappa shape index (κ1) is 18.8. The Kier molecular flexibility index (Phi) is 4.85. The average molecular weight is 449 g/mol. The monoisotopic (exact) mass is 448 g/mol. The number of carbonyl (C=O) groups excluding carboxylic acids is 2. The Bertz CT molecular complexity index is 1240. The molecular formula is C21H13BrN4O3. The Morgan fingerprint density at radius 3 is 2.52 bits per heavy atom. The number of benzene rings is 1. The highest BCUT2D eigenvalue weighted by atomic mass is 79.9. The molecule has 0 aliphatic heterocycles. The van der Waals surface area contributed by atoms with Crippen molar-refractivity contribution >= 4 is 11.6 Å². The van der Waals surface area contributed by atoms with E-state index in [4.69, 9.17) is 4.52 Å². The SMILES string of the molecule is O=C1c2ccccc2C(=O)c2c(-c3ccc[n+](Cc4cnccn4)c3)noc21.[Br-]. The number of carbonyl (C=O) groups is 2. The normalized spacial score (nSPS) is 12.1. The van der Waals surface area contributed by atoms with E-state index >= 15 is 0 Å². The Morgan fingerprint density at radius 1 is 0.966 bits per heavy atom. The van der Waals surface area contributed by atoms with Crippen LogP contribution in [0.15, 0.2) is 71.9 Å². The van der Waals surface area contributed by atoms with Crippen LogP contribution in [0.5, 0.6) is 0 Å². The first-order chi connectivity index (χ1) is 13.7. The summed E-state index contributed by atoms with van der Waals surface area (Å²) in [5, 5.41) is 4.04. The van der Waals surface area contributed by atoms with Gasteiger partial charge in [-0.25, -0.2) is 0 Å². The van der Waals surface area contributed by atoms with Gasteiger partial charge in [0.25, 0.3) is 0 Å². The van der Waals surface area contributed by atoms with Gasteiger partial charge >= 0.3 is 0 Å². The summed E-state index contributed by atoms with van der Waals surface area (Å²) in [5.74, 6) is -0.596. The van der Waals surface area contributed by atoms with E-state index in [-0.39, 0.29) is 39.9 Å². The average Bonchev–Trinajstić information content (AvgIpc) is 3.19. The third-order valence-corrected chi connectivity index (χ3v) is 4.63. The van der Waals surface area contributed by atoms with E-state index < -0.39 is 0 Å². The maximum atomic E-state index is 13.0. The van der Waals surface area contributed by atoms with E-state index in [1.165, 1.54) is 0 Å². The summed E-state index contributed by atoms with van der Waals surface area (Å²) in [6.07, 6.45) is 8.66. The van der Waals surface area contributed by atoms with E-state index in [1.54, 1.807) is 42.9 Å². The van der Waals surface area contributed by atoms with Crippen LogP contribution in [0.3, 0.4) is 0 Å². The van der Waals surface area contributed by atoms with E-state index in [9.17, 15) is 9.59 Å². The fourth-order valence-corrected chi connectivity index (χ4v) is 3.35. The number of pyridine rings is 1. The molecule has 0 radical (unpaired) electrons. The van der Waals surface area contributed by atoms with Gasteiger partial charge in [0.05, 0.1) is 11.8 Å². The fourth-order valence-electron chi connectivity index (χ4n) is 3.35. The van der Waals surface area contributed by atoms with Crippen LogP contribution in [0.25, 0.3) is 11.3 Å². The smallest absolute Gasteiger partial charge is 0.232 e. The third-order valence-electron chi connectivity index (χ3n) is 4.63. The zero-order valence-corrected chi connectivity index (χ0v) is 16.5. The molecule has 0 saturated heterocycles. The lowest BCUT2D eigenvalue weighted by molar-refractivity contribution is -0.688. The molecule has 5 rings (SSSR count). The standard InChI is InChI=1S/C21H13N4O3.BrH/c26-19-15-5-1-2-6-16(15)20(27)21-17(19)18(24-28-21)13-4-3-9-25(11-13)12-14-10-22-7-8-23-14;/h1-11H,12H2;1H/q+1;/p-1. The van der Waals surface area contributed by atoms with Crippen LogP contribution < -0.4 is 21.5 Å². The number of rotatable bonds is 3. The lowest BCUT2D eigenvalue weighted by Crippen LogP contribution is -3.00. The van der Waals surface area contributed by atoms with Gasteiger partial charge in [-0.05, 0) is 6.07 Å². The summed E-state index contributed by atoms with van der Waals surface area (Å²) in [4.78, 5) is 34.0. The number of hydrogen-bond acceptors (Lipinski definition) is 6. The van der Waals surface area contributed by atoms with E-state index in [0.29, 0.717) is 28.9 Å². The number of aromatic nitrogens is 4. The molecule has 0 atom stereocenters. The summed E-state index contributed by atoms with van der Waals surface area (Å²) in [6, 6.07) is 10.4. The first-order valence-corrected chi connectivity index (χ1v) is 8.65. The molecule has 1 aliphatic rings. The van der Waals surface area contributed by atoms with Crippen molar-refractivity contribution in [2.45, 2.75) is 6.54 Å². The topological polar surface area (TPSA) is 89.8 Å². The molecule has 0 N–H and O–H groups in total. The molecule has 0 spiro atoms. The van der Waals surface area contributed by atoms with Crippen LogP contribution in [0.2, 0.25) is 0 Å². The van der Waals surface area contributed by atoms with Crippen LogP contribution in [-0.2, 0) is 6.54 Å². The van der Waals surface area contributed by atoms with Gasteiger partial charge < -0.3 is 21.5 Å². The molecule has 7 nitrogen and oxygen atoms in total. The van der Waals surface area contributed by atoms with Gasteiger partial charge in [0.1, 0.15) is 17.0 Å². The van der Waals surface area contributed by atoms with Gasteiger partial charge in [0.15, 0.2) is 24.7 Å². The molecular weight excluding hydrogens is 436 g/mol. The Hall–Kier alpha value is -3.52. The highest BCUT2D eigenvalue weighted by Gasteiger charge is 2.37. The first-order valence-electron chi connectivity index (χ1n) is 8.65. The zero-order chi connectivity index (χ0) is 19.1. The molecule has 0 saturated carbocycles. The third kappa shape index (κ3) is 3.17. The molecule has 29 heavy (non-hydrogen) atoms. The lowest BCUT2D eigenvalue weighted by atomic mass is 9.86. The molecule has 3 heterocycles. The minimum atomic E-state index is -0.327. The highest BCUT2D eigenvalue weighted by Crippen LogP contribution is 2.33. The summed E-state index contributed by atoms with van der Waals surface area (Å²) in [6.45, 7) is 0.511. The Labute approximate surface area is 175 Å². The van der Waals surface area contributed by atoms with Crippen molar-refractivity contribution in [2.75, 3.05) is 0 Å². The van der Waals surface area contributed by atoms with E-state index in [1.807, 2.05) is 29.1 Å². The molecule has 8 heteroatoms. The summed E-state index contributed by atoms with van der Waals surface area (Å²) in [5.41, 5.74) is 2.75. The molecule has 1 aliphatic carbocycles.